The number of hydrogen-bond donors (Lipinski definition) is 3. The molecule has 0 aromatic rings. The van der Waals surface area contributed by atoms with Gasteiger partial charge in [-0.3, -0.25) is 14.4 Å². The van der Waals surface area contributed by atoms with Gasteiger partial charge >= 0.3 is 0 Å². The van der Waals surface area contributed by atoms with Crippen LogP contribution in [0.2, 0.25) is 0 Å². The Balaban J connectivity index is 4.98. The summed E-state index contributed by atoms with van der Waals surface area (Å²) in [5, 5.41) is 0.922. The third-order valence-electron chi connectivity index (χ3n) is 5.12. The molecule has 33 heavy (non-hydrogen) atoms. The Morgan fingerprint density at radius 1 is 0.636 bits per heavy atom. The van der Waals surface area contributed by atoms with Crippen LogP contribution in [-0.4, -0.2) is 67.6 Å². The van der Waals surface area contributed by atoms with Crippen LogP contribution in [0.25, 0.3) is 0 Å². The molecule has 0 fully saturated rings. The number of carbonyl (C=O) groups is 3. The fourth-order valence-corrected chi connectivity index (χ4v) is 6.99. The van der Waals surface area contributed by atoms with E-state index in [0.717, 1.165) is 34.5 Å². The highest BCUT2D eigenvalue weighted by molar-refractivity contribution is 8.00. The van der Waals surface area contributed by atoms with Crippen molar-refractivity contribution < 1.29 is 14.4 Å². The van der Waals surface area contributed by atoms with Gasteiger partial charge in [0, 0.05) is 88.8 Å². The lowest BCUT2D eigenvalue weighted by molar-refractivity contribution is -0.127. The molecule has 0 aliphatic rings. The molecule has 0 aliphatic carbocycles. The van der Waals surface area contributed by atoms with Crippen molar-refractivity contribution in [3.8, 4) is 0 Å². The molecule has 3 nitrogen and oxygen atoms in total. The molecule has 0 aromatic carbocycles. The Morgan fingerprint density at radius 2 is 0.909 bits per heavy atom. The monoisotopic (exact) mass is 572 g/mol. The first-order valence-electron chi connectivity index (χ1n) is 11.8. The van der Waals surface area contributed by atoms with E-state index in [4.69, 9.17) is 0 Å². The molecular formula is C24H44O3S6. The first kappa shape index (κ1) is 34.1. The van der Waals surface area contributed by atoms with Gasteiger partial charge in [0.2, 0.25) is 0 Å². The minimum Gasteiger partial charge on any atom is -0.300 e. The third kappa shape index (κ3) is 19.9. The lowest BCUT2D eigenvalue weighted by Crippen LogP contribution is -2.30. The molecule has 3 atom stereocenters. The minimum absolute atomic E-state index is 0.160. The van der Waals surface area contributed by atoms with Gasteiger partial charge in [-0.25, -0.2) is 0 Å². The van der Waals surface area contributed by atoms with E-state index in [1.165, 1.54) is 0 Å². The third-order valence-corrected chi connectivity index (χ3v) is 10.1. The first-order valence-corrected chi connectivity index (χ1v) is 16.8. The van der Waals surface area contributed by atoms with E-state index in [1.54, 1.807) is 35.3 Å². The Kier molecular flexibility index (Phi) is 20.9. The average Bonchev–Trinajstić information content (AvgIpc) is 2.71. The topological polar surface area (TPSA) is 51.2 Å². The van der Waals surface area contributed by atoms with E-state index < -0.39 is 5.41 Å². The predicted molar refractivity (Wildman–Crippen MR) is 163 cm³/mol. The van der Waals surface area contributed by atoms with Gasteiger partial charge in [-0.2, -0.15) is 73.2 Å². The normalized spacial score (nSPS) is 16.1. The van der Waals surface area contributed by atoms with Gasteiger partial charge in [0.1, 0.15) is 17.3 Å². The van der Waals surface area contributed by atoms with Crippen molar-refractivity contribution in [3.05, 3.63) is 0 Å². The van der Waals surface area contributed by atoms with Gasteiger partial charge in [-0.05, 0) is 11.8 Å². The number of Topliss-reactive ketones (excluding diaryl/α,β-unsaturated/α-hetero) is 3. The molecule has 194 valence electrons. The Morgan fingerprint density at radius 3 is 1.12 bits per heavy atom. The van der Waals surface area contributed by atoms with Crippen molar-refractivity contribution in [3.63, 3.8) is 0 Å². The van der Waals surface area contributed by atoms with Crippen molar-refractivity contribution >= 4 is 90.5 Å². The molecule has 0 saturated heterocycles. The second-order valence-electron chi connectivity index (χ2n) is 9.02. The van der Waals surface area contributed by atoms with Gasteiger partial charge in [0.15, 0.2) is 0 Å². The highest BCUT2D eigenvalue weighted by atomic mass is 32.2. The van der Waals surface area contributed by atoms with Crippen LogP contribution in [0.5, 0.6) is 0 Å². The standard InChI is InChI=1S/C24H44O3S6/c1-5-24(12-21(25)6-9-31-15-18(2)28,13-22(26)7-10-32-16-19(3)29)14-23(27)8-11-33-17-20(4)30/h18-20,28-30H,5-17H2,1-4H3. The van der Waals surface area contributed by atoms with Gasteiger partial charge in [-0.15, -0.1) is 0 Å². The van der Waals surface area contributed by atoms with E-state index in [1.807, 2.05) is 27.7 Å². The maximum absolute atomic E-state index is 12.8. The first-order chi connectivity index (χ1) is 15.5. The molecule has 3 unspecified atom stereocenters. The van der Waals surface area contributed by atoms with Crippen LogP contribution in [0, 0.1) is 5.41 Å². The quantitative estimate of drug-likeness (QED) is 0.101. The van der Waals surface area contributed by atoms with Crippen molar-refractivity contribution in [1.82, 2.24) is 0 Å². The zero-order valence-corrected chi connectivity index (χ0v) is 25.8. The zero-order valence-electron chi connectivity index (χ0n) is 20.7. The summed E-state index contributed by atoms with van der Waals surface area (Å²) in [4.78, 5) is 38.4. The van der Waals surface area contributed by atoms with Crippen molar-refractivity contribution in [2.75, 3.05) is 34.5 Å². The lowest BCUT2D eigenvalue weighted by atomic mass is 9.71. The van der Waals surface area contributed by atoms with Crippen molar-refractivity contribution in [1.29, 1.82) is 0 Å². The summed E-state index contributed by atoms with van der Waals surface area (Å²) in [6.07, 6.45) is 3.08. The van der Waals surface area contributed by atoms with Gasteiger partial charge in [0.05, 0.1) is 0 Å². The van der Waals surface area contributed by atoms with Crippen molar-refractivity contribution in [2.45, 2.75) is 88.4 Å². The summed E-state index contributed by atoms with van der Waals surface area (Å²) in [6.45, 7) is 8.14. The summed E-state index contributed by atoms with van der Waals surface area (Å²) in [5.41, 5.74) is -0.546. The fraction of sp³-hybridized carbons (Fsp3) is 0.875. The summed E-state index contributed by atoms with van der Waals surface area (Å²) < 4.78 is 0. The molecule has 0 N–H and O–H groups in total. The number of thioether (sulfide) groups is 3. The molecule has 0 aromatic heterocycles. The molecule has 0 saturated carbocycles. The zero-order chi connectivity index (χ0) is 25.3. The lowest BCUT2D eigenvalue weighted by Gasteiger charge is -2.31. The second kappa shape index (κ2) is 20.2. The highest BCUT2D eigenvalue weighted by Crippen LogP contribution is 2.37. The highest BCUT2D eigenvalue weighted by Gasteiger charge is 2.35. The Bertz CT molecular complexity index is 492. The fourth-order valence-electron chi connectivity index (χ4n) is 3.40. The van der Waals surface area contributed by atoms with Gasteiger partial charge in [0.25, 0.3) is 0 Å². The Labute approximate surface area is 231 Å². The van der Waals surface area contributed by atoms with E-state index in [-0.39, 0.29) is 17.3 Å². The van der Waals surface area contributed by atoms with Crippen LogP contribution in [0.3, 0.4) is 0 Å². The van der Waals surface area contributed by atoms with Crippen LogP contribution >= 0.6 is 73.2 Å². The SMILES string of the molecule is CCC(CC(=O)CCSCC(C)S)(CC(=O)CCSCC(C)S)CC(=O)CCSCC(C)S. The Hall–Kier alpha value is 1.11. The van der Waals surface area contributed by atoms with E-state index >= 15 is 0 Å². The van der Waals surface area contributed by atoms with E-state index in [0.29, 0.717) is 60.7 Å². The number of thiol groups is 3. The maximum Gasteiger partial charge on any atom is 0.134 e. The molecule has 0 amide bonds. The van der Waals surface area contributed by atoms with Crippen LogP contribution in [0.15, 0.2) is 0 Å². The second-order valence-corrected chi connectivity index (χ2v) is 15.1. The van der Waals surface area contributed by atoms with Crippen LogP contribution in [0.1, 0.15) is 72.6 Å². The number of hydrogen-bond acceptors (Lipinski definition) is 9. The molecule has 0 aliphatic heterocycles. The van der Waals surface area contributed by atoms with Crippen LogP contribution in [0.4, 0.5) is 0 Å². The van der Waals surface area contributed by atoms with Crippen LogP contribution < -0.4 is 0 Å². The van der Waals surface area contributed by atoms with E-state index in [2.05, 4.69) is 37.9 Å². The summed E-state index contributed by atoms with van der Waals surface area (Å²) in [7, 11) is 0. The molecular weight excluding hydrogens is 529 g/mol. The van der Waals surface area contributed by atoms with Gasteiger partial charge < -0.3 is 0 Å². The smallest absolute Gasteiger partial charge is 0.134 e. The minimum atomic E-state index is -0.546. The molecule has 9 heteroatoms. The molecule has 0 bridgehead atoms. The van der Waals surface area contributed by atoms with Gasteiger partial charge in [-0.1, -0.05) is 27.7 Å². The largest absolute Gasteiger partial charge is 0.300 e. The van der Waals surface area contributed by atoms with Crippen LogP contribution in [-0.2, 0) is 14.4 Å². The molecule has 0 rings (SSSR count). The summed E-state index contributed by atoms with van der Waals surface area (Å²) in [6, 6.07) is 0. The maximum atomic E-state index is 12.8. The van der Waals surface area contributed by atoms with Crippen molar-refractivity contribution in [2.24, 2.45) is 5.41 Å². The summed E-state index contributed by atoms with van der Waals surface area (Å²) >= 11 is 18.3. The molecule has 0 spiro atoms. The number of rotatable bonds is 22. The number of ketones is 3. The average molecular weight is 573 g/mol. The van der Waals surface area contributed by atoms with E-state index in [9.17, 15) is 14.4 Å². The molecule has 0 radical (unpaired) electrons. The molecule has 0 heterocycles. The number of carbonyl (C=O) groups excluding carboxylic acids is 3. The summed E-state index contributed by atoms with van der Waals surface area (Å²) in [5.74, 6) is 5.52. The predicted octanol–water partition coefficient (Wildman–Crippen LogP) is 6.59.